The number of aryl methyl sites for hydroxylation is 1. The van der Waals surface area contributed by atoms with Gasteiger partial charge in [-0.2, -0.15) is 0 Å². The second kappa shape index (κ2) is 4.80. The summed E-state index contributed by atoms with van der Waals surface area (Å²) in [7, 11) is 0. The molecule has 0 fully saturated rings. The van der Waals surface area contributed by atoms with Crippen molar-refractivity contribution in [3.8, 4) is 0 Å². The molecule has 1 N–H and O–H groups in total. The number of hydrogen-bond donors (Lipinski definition) is 1. The number of rotatable bonds is 2. The number of carbonyl (C=O) groups is 1. The highest BCUT2D eigenvalue weighted by molar-refractivity contribution is 9.10. The molecule has 0 radical (unpaired) electrons. The number of alkyl halides is 1. The molecule has 14 heavy (non-hydrogen) atoms. The summed E-state index contributed by atoms with van der Waals surface area (Å²) in [4.78, 5) is 11.3. The van der Waals surface area contributed by atoms with Crippen LogP contribution in [-0.4, -0.2) is 11.3 Å². The summed E-state index contributed by atoms with van der Waals surface area (Å²) >= 11 is 9.04. The van der Waals surface area contributed by atoms with Crippen LogP contribution in [0, 0.1) is 6.92 Å². The van der Waals surface area contributed by atoms with E-state index in [2.05, 4.69) is 21.2 Å². The van der Waals surface area contributed by atoms with E-state index in [1.54, 1.807) is 6.92 Å². The van der Waals surface area contributed by atoms with Crippen LogP contribution in [0.1, 0.15) is 12.5 Å². The van der Waals surface area contributed by atoms with Crippen LogP contribution in [0.15, 0.2) is 22.7 Å². The number of nitrogens with one attached hydrogen (secondary N) is 1. The van der Waals surface area contributed by atoms with Gasteiger partial charge < -0.3 is 5.32 Å². The number of hydrogen-bond acceptors (Lipinski definition) is 1. The predicted molar refractivity (Wildman–Crippen MR) is 62.8 cm³/mol. The van der Waals surface area contributed by atoms with Crippen LogP contribution in [0.25, 0.3) is 0 Å². The van der Waals surface area contributed by atoms with Crippen molar-refractivity contribution in [3.63, 3.8) is 0 Å². The monoisotopic (exact) mass is 275 g/mol. The summed E-state index contributed by atoms with van der Waals surface area (Å²) in [6.07, 6.45) is 0. The van der Waals surface area contributed by atoms with E-state index in [-0.39, 0.29) is 5.91 Å². The third-order valence-corrected chi connectivity index (χ3v) is 3.06. The molecule has 1 amide bonds. The SMILES string of the molecule is Cc1cccc(NC(=O)C(C)Cl)c1Br. The molecule has 0 aliphatic rings. The minimum Gasteiger partial charge on any atom is -0.324 e. The van der Waals surface area contributed by atoms with Crippen molar-refractivity contribution < 1.29 is 4.79 Å². The van der Waals surface area contributed by atoms with Crippen molar-refractivity contribution >= 4 is 39.1 Å². The zero-order valence-electron chi connectivity index (χ0n) is 7.97. The van der Waals surface area contributed by atoms with Gasteiger partial charge in [0.25, 0.3) is 0 Å². The fourth-order valence-electron chi connectivity index (χ4n) is 0.976. The van der Waals surface area contributed by atoms with Gasteiger partial charge in [0.05, 0.1) is 5.69 Å². The first-order valence-corrected chi connectivity index (χ1v) is 5.45. The molecule has 4 heteroatoms. The average Bonchev–Trinajstić information content (AvgIpc) is 2.12. The molecule has 0 aromatic heterocycles. The molecule has 2 nitrogen and oxygen atoms in total. The molecule has 0 aliphatic heterocycles. The normalized spacial score (nSPS) is 12.3. The quantitative estimate of drug-likeness (QED) is 0.825. The summed E-state index contributed by atoms with van der Waals surface area (Å²) in [5, 5.41) is 2.21. The minimum atomic E-state index is -0.526. The molecule has 0 saturated carbocycles. The van der Waals surface area contributed by atoms with Gasteiger partial charge >= 0.3 is 0 Å². The highest BCUT2D eigenvalue weighted by Gasteiger charge is 2.11. The summed E-state index contributed by atoms with van der Waals surface area (Å²) < 4.78 is 0.894. The Hall–Kier alpha value is -0.540. The van der Waals surface area contributed by atoms with E-state index in [4.69, 9.17) is 11.6 Å². The zero-order valence-corrected chi connectivity index (χ0v) is 10.3. The van der Waals surface area contributed by atoms with Crippen LogP contribution in [0.5, 0.6) is 0 Å². The first kappa shape index (κ1) is 11.5. The zero-order chi connectivity index (χ0) is 10.7. The van der Waals surface area contributed by atoms with Crippen LogP contribution >= 0.6 is 27.5 Å². The van der Waals surface area contributed by atoms with Crippen molar-refractivity contribution in [1.82, 2.24) is 0 Å². The first-order valence-electron chi connectivity index (χ1n) is 4.22. The molecule has 1 atom stereocenters. The molecule has 0 heterocycles. The van der Waals surface area contributed by atoms with Gasteiger partial charge in [-0.3, -0.25) is 4.79 Å². The van der Waals surface area contributed by atoms with Crippen LogP contribution < -0.4 is 5.32 Å². The maximum Gasteiger partial charge on any atom is 0.242 e. The fraction of sp³-hybridized carbons (Fsp3) is 0.300. The molecular weight excluding hydrogens is 265 g/mol. The summed E-state index contributed by atoms with van der Waals surface area (Å²) in [5.41, 5.74) is 1.83. The number of benzene rings is 1. The number of anilines is 1. The molecule has 76 valence electrons. The van der Waals surface area contributed by atoms with Crippen molar-refractivity contribution in [2.24, 2.45) is 0 Å². The lowest BCUT2D eigenvalue weighted by atomic mass is 10.2. The van der Waals surface area contributed by atoms with Gasteiger partial charge in [0.1, 0.15) is 5.38 Å². The Balaban J connectivity index is 2.87. The molecule has 0 aliphatic carbocycles. The molecule has 1 rings (SSSR count). The summed E-state index contributed by atoms with van der Waals surface area (Å²) in [5.74, 6) is -0.196. The number of amides is 1. The second-order valence-corrected chi connectivity index (χ2v) is 4.49. The summed E-state index contributed by atoms with van der Waals surface area (Å²) in [6.45, 7) is 3.60. The molecular formula is C10H11BrClNO. The Morgan fingerprint density at radius 1 is 1.57 bits per heavy atom. The van der Waals surface area contributed by atoms with Gasteiger partial charge in [-0.25, -0.2) is 0 Å². The molecule has 1 aromatic carbocycles. The van der Waals surface area contributed by atoms with E-state index in [1.807, 2.05) is 25.1 Å². The Morgan fingerprint density at radius 2 is 2.21 bits per heavy atom. The number of carbonyl (C=O) groups excluding carboxylic acids is 1. The fourth-order valence-corrected chi connectivity index (χ4v) is 1.39. The second-order valence-electron chi connectivity index (χ2n) is 3.04. The van der Waals surface area contributed by atoms with Gasteiger partial charge in [-0.15, -0.1) is 11.6 Å². The van der Waals surface area contributed by atoms with Crippen molar-refractivity contribution in [2.75, 3.05) is 5.32 Å². The van der Waals surface area contributed by atoms with Gasteiger partial charge in [0, 0.05) is 4.47 Å². The van der Waals surface area contributed by atoms with Crippen LogP contribution in [-0.2, 0) is 4.79 Å². The topological polar surface area (TPSA) is 29.1 Å². The third kappa shape index (κ3) is 2.72. The van der Waals surface area contributed by atoms with Crippen molar-refractivity contribution in [3.05, 3.63) is 28.2 Å². The molecule has 1 aromatic rings. The van der Waals surface area contributed by atoms with Gasteiger partial charge in [-0.05, 0) is 41.4 Å². The van der Waals surface area contributed by atoms with Crippen molar-refractivity contribution in [2.45, 2.75) is 19.2 Å². The van der Waals surface area contributed by atoms with E-state index >= 15 is 0 Å². The smallest absolute Gasteiger partial charge is 0.242 e. The van der Waals surface area contributed by atoms with E-state index < -0.39 is 5.38 Å². The number of halogens is 2. The van der Waals surface area contributed by atoms with Gasteiger partial charge in [0.15, 0.2) is 0 Å². The van der Waals surface area contributed by atoms with Crippen LogP contribution in [0.2, 0.25) is 0 Å². The Bertz CT molecular complexity index is 352. The minimum absolute atomic E-state index is 0.196. The Morgan fingerprint density at radius 3 is 2.79 bits per heavy atom. The standard InChI is InChI=1S/C10H11BrClNO/c1-6-4-3-5-8(9(6)11)13-10(14)7(2)12/h3-5,7H,1-2H3,(H,13,14). The van der Waals surface area contributed by atoms with E-state index in [1.165, 1.54) is 0 Å². The van der Waals surface area contributed by atoms with Gasteiger partial charge in [-0.1, -0.05) is 12.1 Å². The Kier molecular flexibility index (Phi) is 3.96. The highest BCUT2D eigenvalue weighted by atomic mass is 79.9. The lowest BCUT2D eigenvalue weighted by molar-refractivity contribution is -0.115. The van der Waals surface area contributed by atoms with Crippen LogP contribution in [0.3, 0.4) is 0 Å². The molecule has 0 saturated heterocycles. The largest absolute Gasteiger partial charge is 0.324 e. The molecule has 1 unspecified atom stereocenters. The van der Waals surface area contributed by atoms with Gasteiger partial charge in [0.2, 0.25) is 5.91 Å². The van der Waals surface area contributed by atoms with E-state index in [9.17, 15) is 4.79 Å². The maximum atomic E-state index is 11.3. The van der Waals surface area contributed by atoms with E-state index in [0.29, 0.717) is 0 Å². The predicted octanol–water partition coefficient (Wildman–Crippen LogP) is 3.32. The molecule has 0 spiro atoms. The third-order valence-electron chi connectivity index (χ3n) is 1.81. The summed E-state index contributed by atoms with van der Waals surface area (Å²) in [6, 6.07) is 5.67. The molecule has 0 bridgehead atoms. The maximum absolute atomic E-state index is 11.3. The van der Waals surface area contributed by atoms with Crippen molar-refractivity contribution in [1.29, 1.82) is 0 Å². The average molecular weight is 277 g/mol. The first-order chi connectivity index (χ1) is 6.52. The van der Waals surface area contributed by atoms with E-state index in [0.717, 1.165) is 15.7 Å². The highest BCUT2D eigenvalue weighted by Crippen LogP contribution is 2.25. The van der Waals surface area contributed by atoms with Crippen LogP contribution in [0.4, 0.5) is 5.69 Å². The lowest BCUT2D eigenvalue weighted by Crippen LogP contribution is -2.20. The lowest BCUT2D eigenvalue weighted by Gasteiger charge is -2.09. The Labute approximate surface area is 96.8 Å².